The number of hydrogen-bond acceptors (Lipinski definition) is 1. The van der Waals surface area contributed by atoms with Crippen LogP contribution in [0.2, 0.25) is 0 Å². The van der Waals surface area contributed by atoms with Gasteiger partial charge in [-0.2, -0.15) is 0 Å². The van der Waals surface area contributed by atoms with Crippen molar-refractivity contribution in [3.05, 3.63) is 59.7 Å². The fraction of sp³-hybridized carbons (Fsp3) is 0.125. The van der Waals surface area contributed by atoms with E-state index in [1.54, 1.807) is 0 Å². The Morgan fingerprint density at radius 2 is 1.28 bits per heavy atom. The van der Waals surface area contributed by atoms with Crippen molar-refractivity contribution in [3.63, 3.8) is 0 Å². The molecule has 18 heavy (non-hydrogen) atoms. The summed E-state index contributed by atoms with van der Waals surface area (Å²) in [6.45, 7) is 0.817. The standard InChI is InChI=1S/C16H14ClN/c17-11-12-18-15-7-3-1-5-13(15)9-10-14-6-2-4-8-16(14)18/h1-10H,11-12H2. The normalized spacial score (nSPS) is 12.8. The van der Waals surface area contributed by atoms with Crippen molar-refractivity contribution in [2.45, 2.75) is 0 Å². The van der Waals surface area contributed by atoms with Crippen LogP contribution in [0.3, 0.4) is 0 Å². The van der Waals surface area contributed by atoms with Gasteiger partial charge < -0.3 is 4.90 Å². The summed E-state index contributed by atoms with van der Waals surface area (Å²) in [5.74, 6) is 0.614. The third kappa shape index (κ3) is 1.91. The summed E-state index contributed by atoms with van der Waals surface area (Å²) in [6.07, 6.45) is 4.34. The van der Waals surface area contributed by atoms with Crippen LogP contribution < -0.4 is 4.90 Å². The molecule has 2 aromatic carbocycles. The molecular formula is C16H14ClN. The zero-order valence-corrected chi connectivity index (χ0v) is 10.8. The van der Waals surface area contributed by atoms with Crippen molar-refractivity contribution in [1.82, 2.24) is 0 Å². The summed E-state index contributed by atoms with van der Waals surface area (Å²) >= 11 is 5.96. The quantitative estimate of drug-likeness (QED) is 0.712. The number of benzene rings is 2. The maximum atomic E-state index is 5.96. The molecule has 0 atom stereocenters. The highest BCUT2D eigenvalue weighted by Crippen LogP contribution is 2.35. The zero-order chi connectivity index (χ0) is 12.4. The van der Waals surface area contributed by atoms with Crippen molar-refractivity contribution in [2.75, 3.05) is 17.3 Å². The van der Waals surface area contributed by atoms with Crippen LogP contribution in [0.1, 0.15) is 11.1 Å². The molecule has 1 aliphatic rings. The molecule has 0 saturated carbocycles. The predicted octanol–water partition coefficient (Wildman–Crippen LogP) is 4.55. The lowest BCUT2D eigenvalue weighted by molar-refractivity contribution is 1.03. The molecule has 0 aliphatic carbocycles. The first-order valence-electron chi connectivity index (χ1n) is 6.10. The third-order valence-electron chi connectivity index (χ3n) is 3.21. The van der Waals surface area contributed by atoms with Crippen molar-refractivity contribution in [1.29, 1.82) is 0 Å². The summed E-state index contributed by atoms with van der Waals surface area (Å²) < 4.78 is 0. The van der Waals surface area contributed by atoms with Gasteiger partial charge in [0.05, 0.1) is 0 Å². The van der Waals surface area contributed by atoms with Crippen LogP contribution in [0.5, 0.6) is 0 Å². The highest BCUT2D eigenvalue weighted by molar-refractivity contribution is 6.18. The lowest BCUT2D eigenvalue weighted by atomic mass is 10.1. The van der Waals surface area contributed by atoms with Crippen LogP contribution in [0.15, 0.2) is 48.5 Å². The molecule has 1 heterocycles. The Hall–Kier alpha value is -1.73. The van der Waals surface area contributed by atoms with E-state index in [0.29, 0.717) is 5.88 Å². The number of fused-ring (bicyclic) bond motifs is 2. The van der Waals surface area contributed by atoms with E-state index in [9.17, 15) is 0 Å². The zero-order valence-electron chi connectivity index (χ0n) is 10.0. The average Bonchev–Trinajstić information content (AvgIpc) is 2.58. The Kier molecular flexibility index (Phi) is 3.07. The maximum absolute atomic E-state index is 5.96. The van der Waals surface area contributed by atoms with E-state index in [-0.39, 0.29) is 0 Å². The van der Waals surface area contributed by atoms with E-state index in [1.807, 2.05) is 0 Å². The summed E-state index contributed by atoms with van der Waals surface area (Å²) in [5.41, 5.74) is 4.91. The van der Waals surface area contributed by atoms with Crippen LogP contribution in [0.25, 0.3) is 12.2 Å². The molecule has 90 valence electrons. The molecule has 0 amide bonds. The Balaban J connectivity index is 2.20. The summed E-state index contributed by atoms with van der Waals surface area (Å²) in [7, 11) is 0. The van der Waals surface area contributed by atoms with Gasteiger partial charge in [0.2, 0.25) is 0 Å². The molecule has 0 radical (unpaired) electrons. The van der Waals surface area contributed by atoms with Gasteiger partial charge in [0.15, 0.2) is 0 Å². The molecule has 2 heteroatoms. The van der Waals surface area contributed by atoms with Gasteiger partial charge >= 0.3 is 0 Å². The van der Waals surface area contributed by atoms with Crippen molar-refractivity contribution < 1.29 is 0 Å². The molecule has 1 aliphatic heterocycles. The minimum absolute atomic E-state index is 0.614. The number of rotatable bonds is 2. The number of alkyl halides is 1. The molecule has 0 saturated heterocycles. The van der Waals surface area contributed by atoms with Crippen LogP contribution >= 0.6 is 11.6 Å². The molecule has 2 aromatic rings. The lowest BCUT2D eigenvalue weighted by Gasteiger charge is -2.25. The molecule has 0 aromatic heterocycles. The second-order valence-corrected chi connectivity index (χ2v) is 4.67. The number of nitrogens with zero attached hydrogens (tertiary/aromatic N) is 1. The monoisotopic (exact) mass is 255 g/mol. The number of hydrogen-bond donors (Lipinski definition) is 0. The molecule has 0 N–H and O–H groups in total. The molecule has 0 fully saturated rings. The lowest BCUT2D eigenvalue weighted by Crippen LogP contribution is -2.20. The Labute approximate surface area is 112 Å². The van der Waals surface area contributed by atoms with E-state index in [1.165, 1.54) is 22.5 Å². The smallest absolute Gasteiger partial charge is 0.0484 e. The minimum atomic E-state index is 0.614. The van der Waals surface area contributed by atoms with Gasteiger partial charge in [-0.1, -0.05) is 48.6 Å². The second kappa shape index (κ2) is 4.87. The highest BCUT2D eigenvalue weighted by Gasteiger charge is 2.16. The van der Waals surface area contributed by atoms with E-state index >= 15 is 0 Å². The average molecular weight is 256 g/mol. The van der Waals surface area contributed by atoms with Crippen LogP contribution in [-0.4, -0.2) is 12.4 Å². The molecule has 0 bridgehead atoms. The fourth-order valence-corrected chi connectivity index (χ4v) is 2.55. The Morgan fingerprint density at radius 3 is 1.78 bits per heavy atom. The molecule has 1 nitrogen and oxygen atoms in total. The van der Waals surface area contributed by atoms with Crippen LogP contribution in [-0.2, 0) is 0 Å². The maximum Gasteiger partial charge on any atom is 0.0484 e. The summed E-state index contributed by atoms with van der Waals surface area (Å²) in [5, 5.41) is 0. The van der Waals surface area contributed by atoms with Gasteiger partial charge in [0, 0.05) is 23.8 Å². The SMILES string of the molecule is ClCCN1c2ccccc2C=Cc2ccccc21. The van der Waals surface area contributed by atoms with E-state index < -0.39 is 0 Å². The predicted molar refractivity (Wildman–Crippen MR) is 79.5 cm³/mol. The number of para-hydroxylation sites is 2. The van der Waals surface area contributed by atoms with Gasteiger partial charge in [-0.25, -0.2) is 0 Å². The number of halogens is 1. The third-order valence-corrected chi connectivity index (χ3v) is 3.37. The van der Waals surface area contributed by atoms with Crippen molar-refractivity contribution in [2.24, 2.45) is 0 Å². The van der Waals surface area contributed by atoms with Gasteiger partial charge in [0.25, 0.3) is 0 Å². The Bertz CT molecular complexity index is 540. The van der Waals surface area contributed by atoms with Gasteiger partial charge in [-0.15, -0.1) is 11.6 Å². The van der Waals surface area contributed by atoms with Gasteiger partial charge in [-0.05, 0) is 23.3 Å². The first-order chi connectivity index (χ1) is 8.90. The second-order valence-electron chi connectivity index (χ2n) is 4.29. The first-order valence-corrected chi connectivity index (χ1v) is 6.63. The molecular weight excluding hydrogens is 242 g/mol. The first kappa shape index (κ1) is 11.4. The summed E-state index contributed by atoms with van der Waals surface area (Å²) in [6, 6.07) is 16.8. The van der Waals surface area contributed by atoms with E-state index in [4.69, 9.17) is 11.6 Å². The van der Waals surface area contributed by atoms with E-state index in [0.717, 1.165) is 6.54 Å². The minimum Gasteiger partial charge on any atom is -0.339 e. The van der Waals surface area contributed by atoms with Crippen molar-refractivity contribution in [3.8, 4) is 0 Å². The topological polar surface area (TPSA) is 3.24 Å². The van der Waals surface area contributed by atoms with Gasteiger partial charge in [-0.3, -0.25) is 0 Å². The number of anilines is 2. The Morgan fingerprint density at radius 1 is 0.778 bits per heavy atom. The van der Waals surface area contributed by atoms with Crippen molar-refractivity contribution >= 4 is 35.1 Å². The largest absolute Gasteiger partial charge is 0.339 e. The van der Waals surface area contributed by atoms with Crippen LogP contribution in [0.4, 0.5) is 11.4 Å². The molecule has 0 spiro atoms. The molecule has 0 unspecified atom stereocenters. The summed E-state index contributed by atoms with van der Waals surface area (Å²) in [4.78, 5) is 2.29. The highest BCUT2D eigenvalue weighted by atomic mass is 35.5. The van der Waals surface area contributed by atoms with E-state index in [2.05, 4.69) is 65.6 Å². The van der Waals surface area contributed by atoms with Crippen LogP contribution in [0, 0.1) is 0 Å². The molecule has 3 rings (SSSR count). The van der Waals surface area contributed by atoms with Gasteiger partial charge in [0.1, 0.15) is 0 Å². The fourth-order valence-electron chi connectivity index (χ4n) is 2.38.